The Morgan fingerprint density at radius 1 is 1.45 bits per heavy atom. The number of benzene rings is 1. The van der Waals surface area contributed by atoms with Crippen molar-refractivity contribution < 1.29 is 9.94 Å². The summed E-state index contributed by atoms with van der Waals surface area (Å²) in [6.45, 7) is 1.99. The van der Waals surface area contributed by atoms with Crippen LogP contribution in [-0.4, -0.2) is 10.2 Å². The van der Waals surface area contributed by atoms with Gasteiger partial charge in [0, 0.05) is 0 Å². The van der Waals surface area contributed by atoms with E-state index in [-0.39, 0.29) is 0 Å². The molecular weight excluding hydrogens is 140 g/mol. The van der Waals surface area contributed by atoms with E-state index in [4.69, 9.17) is 0 Å². The highest BCUT2D eigenvalue weighted by Crippen LogP contribution is 2.08. The number of imidazole rings is 1. The molecule has 0 saturated carbocycles. The van der Waals surface area contributed by atoms with Crippen LogP contribution < -0.4 is 4.73 Å². The Hall–Kier alpha value is -1.51. The molecule has 0 aliphatic carbocycles. The minimum absolute atomic E-state index is 0.810. The molecule has 1 heterocycles. The lowest BCUT2D eigenvalue weighted by molar-refractivity contribution is -0.884. The lowest BCUT2D eigenvalue weighted by atomic mass is 10.2. The first-order valence-electron chi connectivity index (χ1n) is 3.46. The molecule has 1 aromatic carbocycles. The van der Waals surface area contributed by atoms with Crippen molar-refractivity contribution in [2.75, 3.05) is 0 Å². The maximum Gasteiger partial charge on any atom is 0.283 e. The van der Waals surface area contributed by atoms with E-state index in [1.807, 2.05) is 25.1 Å². The third kappa shape index (κ3) is 0.852. The van der Waals surface area contributed by atoms with E-state index in [1.54, 1.807) is 0 Å². The molecule has 0 aliphatic rings. The predicted molar refractivity (Wildman–Crippen MR) is 40.4 cm³/mol. The van der Waals surface area contributed by atoms with Crippen molar-refractivity contribution >= 4 is 11.0 Å². The van der Waals surface area contributed by atoms with Gasteiger partial charge in [0.2, 0.25) is 5.52 Å². The quantitative estimate of drug-likeness (QED) is 0.425. The summed E-state index contributed by atoms with van der Waals surface area (Å²) in [6.07, 6.45) is 1.52. The second kappa shape index (κ2) is 1.99. The maximum atomic E-state index is 9.22. The molecule has 0 saturated heterocycles. The smallest absolute Gasteiger partial charge is 0.283 e. The third-order valence-corrected chi connectivity index (χ3v) is 1.74. The van der Waals surface area contributed by atoms with Gasteiger partial charge in [0.05, 0.1) is 0 Å². The van der Waals surface area contributed by atoms with Crippen molar-refractivity contribution in [3.8, 4) is 0 Å². The molecule has 3 heteroatoms. The molecule has 0 fully saturated rings. The lowest BCUT2D eigenvalue weighted by Gasteiger charge is -1.87. The fourth-order valence-electron chi connectivity index (χ4n) is 1.15. The fourth-order valence-corrected chi connectivity index (χ4v) is 1.15. The number of rotatable bonds is 0. The van der Waals surface area contributed by atoms with Gasteiger partial charge in [-0.05, 0) is 29.4 Å². The van der Waals surface area contributed by atoms with Gasteiger partial charge >= 0.3 is 0 Å². The molecule has 2 N–H and O–H groups in total. The van der Waals surface area contributed by atoms with Crippen LogP contribution >= 0.6 is 0 Å². The zero-order valence-electron chi connectivity index (χ0n) is 6.20. The number of H-pyrrole nitrogens is 1. The third-order valence-electron chi connectivity index (χ3n) is 1.74. The van der Waals surface area contributed by atoms with Gasteiger partial charge in [-0.1, -0.05) is 6.07 Å². The van der Waals surface area contributed by atoms with Gasteiger partial charge < -0.3 is 5.21 Å². The van der Waals surface area contributed by atoms with Gasteiger partial charge in [0.25, 0.3) is 6.33 Å². The molecule has 2 rings (SSSR count). The van der Waals surface area contributed by atoms with Crippen LogP contribution in [0.25, 0.3) is 11.0 Å². The highest BCUT2D eigenvalue weighted by atomic mass is 16.5. The summed E-state index contributed by atoms with van der Waals surface area (Å²) in [5.41, 5.74) is 2.89. The molecule has 3 nitrogen and oxygen atoms in total. The topological polar surface area (TPSA) is 39.9 Å². The molecule has 0 spiro atoms. The summed E-state index contributed by atoms with van der Waals surface area (Å²) < 4.78 is 1.09. The molecule has 11 heavy (non-hydrogen) atoms. The summed E-state index contributed by atoms with van der Waals surface area (Å²) in [4.78, 5) is 2.93. The van der Waals surface area contributed by atoms with Crippen LogP contribution in [0.3, 0.4) is 0 Å². The van der Waals surface area contributed by atoms with E-state index >= 15 is 0 Å². The van der Waals surface area contributed by atoms with Crippen LogP contribution in [0.1, 0.15) is 5.56 Å². The fraction of sp³-hybridized carbons (Fsp3) is 0.125. The standard InChI is InChI=1S/C8H8N2O/c1-6-2-3-7-8(4-6)10(11)5-9-7/h2-5,11H,1H3/p+1. The van der Waals surface area contributed by atoms with Crippen molar-refractivity contribution in [1.82, 2.24) is 4.98 Å². The Labute approximate surface area is 63.9 Å². The van der Waals surface area contributed by atoms with E-state index in [0.29, 0.717) is 0 Å². The number of nitrogens with zero attached hydrogens (tertiary/aromatic N) is 1. The highest BCUT2D eigenvalue weighted by molar-refractivity contribution is 5.71. The monoisotopic (exact) mass is 149 g/mol. The van der Waals surface area contributed by atoms with Gasteiger partial charge in [-0.15, -0.1) is 0 Å². The van der Waals surface area contributed by atoms with Crippen LogP contribution in [0.2, 0.25) is 0 Å². The zero-order chi connectivity index (χ0) is 7.84. The number of aryl methyl sites for hydroxylation is 1. The Morgan fingerprint density at radius 3 is 3.09 bits per heavy atom. The van der Waals surface area contributed by atoms with Gasteiger partial charge in [-0.25, -0.2) is 4.98 Å². The molecule has 0 radical (unpaired) electrons. The molecule has 0 unspecified atom stereocenters. The zero-order valence-corrected chi connectivity index (χ0v) is 6.20. The Bertz CT molecular complexity index is 392. The Morgan fingerprint density at radius 2 is 2.27 bits per heavy atom. The average molecular weight is 149 g/mol. The number of hydrogen-bond donors (Lipinski definition) is 2. The summed E-state index contributed by atoms with van der Waals surface area (Å²) in [5.74, 6) is 0. The molecule has 0 amide bonds. The second-order valence-corrected chi connectivity index (χ2v) is 2.64. The summed E-state index contributed by atoms with van der Waals surface area (Å²) in [7, 11) is 0. The number of fused-ring (bicyclic) bond motifs is 1. The minimum Gasteiger partial charge on any atom is -0.350 e. The normalized spacial score (nSPS) is 10.6. The van der Waals surface area contributed by atoms with Crippen LogP contribution in [-0.2, 0) is 0 Å². The van der Waals surface area contributed by atoms with Gasteiger partial charge in [0.1, 0.15) is 0 Å². The SMILES string of the molecule is Cc1ccc2[nH]c[n+](O)c2c1. The number of hydrogen-bond acceptors (Lipinski definition) is 1. The number of nitrogens with one attached hydrogen (secondary N) is 1. The highest BCUT2D eigenvalue weighted by Gasteiger charge is 2.06. The van der Waals surface area contributed by atoms with Gasteiger partial charge in [-0.2, -0.15) is 0 Å². The molecule has 1 aromatic heterocycles. The summed E-state index contributed by atoms with van der Waals surface area (Å²) in [6, 6.07) is 5.86. The summed E-state index contributed by atoms with van der Waals surface area (Å²) >= 11 is 0. The predicted octanol–water partition coefficient (Wildman–Crippen LogP) is 1.00. The maximum absolute atomic E-state index is 9.22. The van der Waals surface area contributed by atoms with Crippen molar-refractivity contribution in [3.63, 3.8) is 0 Å². The molecule has 0 aliphatic heterocycles. The van der Waals surface area contributed by atoms with E-state index in [1.165, 1.54) is 6.33 Å². The van der Waals surface area contributed by atoms with E-state index in [2.05, 4.69) is 4.98 Å². The van der Waals surface area contributed by atoms with Crippen LogP contribution in [0.4, 0.5) is 0 Å². The van der Waals surface area contributed by atoms with E-state index < -0.39 is 0 Å². The van der Waals surface area contributed by atoms with E-state index in [0.717, 1.165) is 21.3 Å². The molecule has 0 atom stereocenters. The second-order valence-electron chi connectivity index (χ2n) is 2.64. The Balaban J connectivity index is 2.87. The first kappa shape index (κ1) is 6.22. The number of aromatic nitrogens is 2. The molecular formula is C8H9N2O+. The van der Waals surface area contributed by atoms with Crippen molar-refractivity contribution in [3.05, 3.63) is 30.1 Å². The first-order chi connectivity index (χ1) is 5.27. The first-order valence-corrected chi connectivity index (χ1v) is 3.46. The van der Waals surface area contributed by atoms with Crippen molar-refractivity contribution in [2.24, 2.45) is 0 Å². The van der Waals surface area contributed by atoms with Gasteiger partial charge in [0.15, 0.2) is 5.52 Å². The largest absolute Gasteiger partial charge is 0.350 e. The van der Waals surface area contributed by atoms with Crippen LogP contribution in [0, 0.1) is 6.92 Å². The molecule has 2 aromatic rings. The molecule has 0 bridgehead atoms. The summed E-state index contributed by atoms with van der Waals surface area (Å²) in [5, 5.41) is 9.22. The number of aromatic amines is 1. The van der Waals surface area contributed by atoms with Crippen molar-refractivity contribution in [2.45, 2.75) is 6.92 Å². The lowest BCUT2D eigenvalue weighted by Crippen LogP contribution is -2.26. The van der Waals surface area contributed by atoms with Crippen molar-refractivity contribution in [1.29, 1.82) is 0 Å². The van der Waals surface area contributed by atoms with Crippen LogP contribution in [0.15, 0.2) is 24.5 Å². The van der Waals surface area contributed by atoms with Gasteiger partial charge in [-0.3, -0.25) is 0 Å². The molecule has 56 valence electrons. The van der Waals surface area contributed by atoms with E-state index in [9.17, 15) is 5.21 Å². The Kier molecular flexibility index (Phi) is 1.12. The minimum atomic E-state index is 0.810. The average Bonchev–Trinajstić information content (AvgIpc) is 2.33. The van der Waals surface area contributed by atoms with Crippen LogP contribution in [0.5, 0.6) is 0 Å².